The second kappa shape index (κ2) is 10.2. The number of halogens is 1. The lowest BCUT2D eigenvalue weighted by Crippen LogP contribution is -2.32. The van der Waals surface area contributed by atoms with E-state index in [4.69, 9.17) is 33.3 Å². The maximum atomic E-state index is 12.0. The number of benzene rings is 2. The van der Waals surface area contributed by atoms with E-state index in [0.29, 0.717) is 11.6 Å². The van der Waals surface area contributed by atoms with Crippen LogP contribution in [-0.2, 0) is 9.53 Å². The van der Waals surface area contributed by atoms with E-state index in [1.165, 1.54) is 6.08 Å². The highest BCUT2D eigenvalue weighted by Gasteiger charge is 2.15. The molecular weight excluding hydrogens is 396 g/mol. The van der Waals surface area contributed by atoms with Gasteiger partial charge in [0.1, 0.15) is 12.4 Å². The van der Waals surface area contributed by atoms with Crippen LogP contribution in [0.3, 0.4) is 0 Å². The molecule has 1 heterocycles. The Bertz CT molecular complexity index is 849. The number of ether oxygens (including phenoxy) is 2. The van der Waals surface area contributed by atoms with E-state index in [-0.39, 0.29) is 17.1 Å². The third-order valence-electron chi connectivity index (χ3n) is 4.13. The molecule has 7 heteroatoms. The largest absolute Gasteiger partial charge is 0.491 e. The third kappa shape index (κ3) is 6.34. The molecule has 0 bridgehead atoms. The molecule has 0 saturated carbocycles. The minimum absolute atomic E-state index is 0.180. The zero-order chi connectivity index (χ0) is 19.8. The molecule has 146 valence electrons. The van der Waals surface area contributed by atoms with Crippen LogP contribution in [0.5, 0.6) is 5.75 Å². The van der Waals surface area contributed by atoms with Crippen molar-refractivity contribution < 1.29 is 14.3 Å². The zero-order valence-corrected chi connectivity index (χ0v) is 16.8. The molecule has 0 aromatic heterocycles. The average Bonchev–Trinajstić information content (AvgIpc) is 3.20. The molecule has 1 fully saturated rings. The van der Waals surface area contributed by atoms with E-state index in [1.54, 1.807) is 12.1 Å². The van der Waals surface area contributed by atoms with Crippen LogP contribution in [0.4, 0.5) is 5.69 Å². The fraction of sp³-hybridized carbons (Fsp3) is 0.238. The van der Waals surface area contributed by atoms with Crippen molar-refractivity contribution in [2.45, 2.75) is 18.9 Å². The van der Waals surface area contributed by atoms with Crippen molar-refractivity contribution >= 4 is 46.6 Å². The molecule has 0 aliphatic carbocycles. The van der Waals surface area contributed by atoms with Gasteiger partial charge in [-0.05, 0) is 67.0 Å². The Kier molecular flexibility index (Phi) is 7.42. The molecule has 2 aromatic carbocycles. The van der Waals surface area contributed by atoms with Crippen molar-refractivity contribution in [1.29, 1.82) is 0 Å². The predicted octanol–water partition coefficient (Wildman–Crippen LogP) is 4.42. The van der Waals surface area contributed by atoms with E-state index < -0.39 is 0 Å². The molecule has 0 radical (unpaired) electrons. The zero-order valence-electron chi connectivity index (χ0n) is 15.2. The first-order valence-electron chi connectivity index (χ1n) is 8.99. The summed E-state index contributed by atoms with van der Waals surface area (Å²) in [5.41, 5.74) is 1.52. The average molecular weight is 417 g/mol. The summed E-state index contributed by atoms with van der Waals surface area (Å²) in [6.45, 7) is 1.37. The predicted molar refractivity (Wildman–Crippen MR) is 116 cm³/mol. The summed E-state index contributed by atoms with van der Waals surface area (Å²) in [5.74, 6) is 0.424. The molecule has 1 aliphatic heterocycles. The third-order valence-corrected chi connectivity index (χ3v) is 4.68. The Hall–Kier alpha value is -2.41. The summed E-state index contributed by atoms with van der Waals surface area (Å²) in [6, 6.07) is 14.6. The molecule has 1 aliphatic rings. The van der Waals surface area contributed by atoms with E-state index in [2.05, 4.69) is 10.6 Å². The van der Waals surface area contributed by atoms with Gasteiger partial charge in [0.15, 0.2) is 5.11 Å². The van der Waals surface area contributed by atoms with Gasteiger partial charge in [-0.1, -0.05) is 29.8 Å². The normalized spacial score (nSPS) is 16.1. The molecule has 28 heavy (non-hydrogen) atoms. The summed E-state index contributed by atoms with van der Waals surface area (Å²) in [4.78, 5) is 12.0. The van der Waals surface area contributed by atoms with Crippen molar-refractivity contribution in [3.63, 3.8) is 0 Å². The fourth-order valence-electron chi connectivity index (χ4n) is 2.69. The first-order chi connectivity index (χ1) is 13.6. The van der Waals surface area contributed by atoms with Crippen LogP contribution in [0.2, 0.25) is 5.02 Å². The van der Waals surface area contributed by atoms with Crippen molar-refractivity contribution in [2.24, 2.45) is 0 Å². The minimum Gasteiger partial charge on any atom is -0.491 e. The van der Waals surface area contributed by atoms with Gasteiger partial charge >= 0.3 is 0 Å². The van der Waals surface area contributed by atoms with Crippen molar-refractivity contribution in [3.8, 4) is 5.75 Å². The van der Waals surface area contributed by atoms with Gasteiger partial charge in [-0.25, -0.2) is 0 Å². The molecule has 5 nitrogen and oxygen atoms in total. The van der Waals surface area contributed by atoms with Crippen molar-refractivity contribution in [2.75, 3.05) is 18.5 Å². The summed E-state index contributed by atoms with van der Waals surface area (Å²) in [6.07, 6.45) is 5.34. The molecule has 3 rings (SSSR count). The van der Waals surface area contributed by atoms with Crippen LogP contribution in [0.1, 0.15) is 18.4 Å². The quantitative estimate of drug-likeness (QED) is 0.539. The standard InChI is InChI=1S/C21H21ClN2O3S/c22-19-6-2-1-4-15(19)7-12-20(25)24-21(28)23-16-8-10-17(11-9-16)27-14-18-5-3-13-26-18/h1-2,4,6-12,18H,3,5,13-14H2,(H2,23,24,25,28)/b12-7+/t18-/m0/s1. The number of nitrogens with one attached hydrogen (secondary N) is 2. The van der Waals surface area contributed by atoms with Gasteiger partial charge < -0.3 is 14.8 Å². The molecule has 1 atom stereocenters. The molecule has 1 saturated heterocycles. The maximum Gasteiger partial charge on any atom is 0.250 e. The highest BCUT2D eigenvalue weighted by atomic mass is 35.5. The Morgan fingerprint density at radius 2 is 2.04 bits per heavy atom. The lowest BCUT2D eigenvalue weighted by Gasteiger charge is -2.12. The molecule has 2 N–H and O–H groups in total. The van der Waals surface area contributed by atoms with E-state index in [9.17, 15) is 4.79 Å². The van der Waals surface area contributed by atoms with Gasteiger partial charge in [0, 0.05) is 23.4 Å². The van der Waals surface area contributed by atoms with Gasteiger partial charge in [-0.2, -0.15) is 0 Å². The Morgan fingerprint density at radius 1 is 1.25 bits per heavy atom. The summed E-state index contributed by atoms with van der Waals surface area (Å²) in [7, 11) is 0. The Balaban J connectivity index is 1.44. The fourth-order valence-corrected chi connectivity index (χ4v) is 3.11. The summed E-state index contributed by atoms with van der Waals surface area (Å²) < 4.78 is 11.3. The number of anilines is 1. The maximum absolute atomic E-state index is 12.0. The topological polar surface area (TPSA) is 59.6 Å². The van der Waals surface area contributed by atoms with Gasteiger partial charge in [0.25, 0.3) is 0 Å². The number of thiocarbonyl (C=S) groups is 1. The molecule has 2 aromatic rings. The van der Waals surface area contributed by atoms with E-state index in [1.807, 2.05) is 42.5 Å². The first kappa shape index (κ1) is 20.3. The first-order valence-corrected chi connectivity index (χ1v) is 9.78. The number of hydrogen-bond acceptors (Lipinski definition) is 4. The number of rotatable bonds is 6. The lowest BCUT2D eigenvalue weighted by atomic mass is 10.2. The Labute approximate surface area is 174 Å². The smallest absolute Gasteiger partial charge is 0.250 e. The molecular formula is C21H21ClN2O3S. The molecule has 0 spiro atoms. The van der Waals surface area contributed by atoms with Gasteiger partial charge in [-0.3, -0.25) is 10.1 Å². The van der Waals surface area contributed by atoms with Crippen LogP contribution >= 0.6 is 23.8 Å². The van der Waals surface area contributed by atoms with Crippen LogP contribution in [0.25, 0.3) is 6.08 Å². The van der Waals surface area contributed by atoms with Crippen LogP contribution < -0.4 is 15.4 Å². The van der Waals surface area contributed by atoms with Crippen molar-refractivity contribution in [3.05, 3.63) is 65.2 Å². The van der Waals surface area contributed by atoms with E-state index in [0.717, 1.165) is 36.4 Å². The number of carbonyl (C=O) groups is 1. The summed E-state index contributed by atoms with van der Waals surface area (Å²) in [5, 5.41) is 6.35. The second-order valence-electron chi connectivity index (χ2n) is 6.27. The summed E-state index contributed by atoms with van der Waals surface area (Å²) >= 11 is 11.2. The van der Waals surface area contributed by atoms with Crippen molar-refractivity contribution in [1.82, 2.24) is 5.32 Å². The van der Waals surface area contributed by atoms with E-state index >= 15 is 0 Å². The minimum atomic E-state index is -0.339. The highest BCUT2D eigenvalue weighted by Crippen LogP contribution is 2.19. The monoisotopic (exact) mass is 416 g/mol. The van der Waals surface area contributed by atoms with Crippen LogP contribution in [0, 0.1) is 0 Å². The number of carbonyl (C=O) groups excluding carboxylic acids is 1. The molecule has 1 amide bonds. The SMILES string of the molecule is O=C(/C=C/c1ccccc1Cl)NC(=S)Nc1ccc(OC[C@@H]2CCCO2)cc1. The highest BCUT2D eigenvalue weighted by molar-refractivity contribution is 7.80. The Morgan fingerprint density at radius 3 is 2.75 bits per heavy atom. The van der Waals surface area contributed by atoms with Crippen LogP contribution in [0.15, 0.2) is 54.6 Å². The second-order valence-corrected chi connectivity index (χ2v) is 7.08. The molecule has 0 unspecified atom stereocenters. The van der Waals surface area contributed by atoms with Gasteiger partial charge in [0.2, 0.25) is 5.91 Å². The number of hydrogen-bond donors (Lipinski definition) is 2. The van der Waals surface area contributed by atoms with Gasteiger partial charge in [0.05, 0.1) is 6.10 Å². The van der Waals surface area contributed by atoms with Gasteiger partial charge in [-0.15, -0.1) is 0 Å². The number of amides is 1. The van der Waals surface area contributed by atoms with Crippen LogP contribution in [-0.4, -0.2) is 30.3 Å². The lowest BCUT2D eigenvalue weighted by molar-refractivity contribution is -0.115.